The van der Waals surface area contributed by atoms with Gasteiger partial charge in [-0.25, -0.2) is 0 Å². The number of anilines is 1. The van der Waals surface area contributed by atoms with E-state index in [0.717, 1.165) is 10.4 Å². The number of rotatable bonds is 2. The molecule has 0 radical (unpaired) electrons. The molecule has 10 heavy (non-hydrogen) atoms. The van der Waals surface area contributed by atoms with Gasteiger partial charge in [-0.3, -0.25) is 0 Å². The van der Waals surface area contributed by atoms with Crippen LogP contribution in [0.4, 0.5) is 5.69 Å². The van der Waals surface area contributed by atoms with Crippen LogP contribution in [0.3, 0.4) is 0 Å². The van der Waals surface area contributed by atoms with E-state index in [0.29, 0.717) is 6.67 Å². The molecule has 0 bridgehead atoms. The van der Waals surface area contributed by atoms with Crippen molar-refractivity contribution in [3.8, 4) is 0 Å². The van der Waals surface area contributed by atoms with Crippen molar-refractivity contribution >= 4 is 16.1 Å². The molecule has 0 spiro atoms. The van der Waals surface area contributed by atoms with E-state index in [1.54, 1.807) is 0 Å². The first-order valence-corrected chi connectivity index (χ1v) is 4.20. The number of hydrogen-bond acceptors (Lipinski definition) is 2. The third kappa shape index (κ3) is 1.59. The highest BCUT2D eigenvalue weighted by Gasteiger charge is 1.92. The Morgan fingerprint density at radius 3 is 2.40 bits per heavy atom. The van der Waals surface area contributed by atoms with E-state index in [4.69, 9.17) is 5.73 Å². The second-order valence-electron chi connectivity index (χ2n) is 2.22. The van der Waals surface area contributed by atoms with Crippen molar-refractivity contribution in [3.05, 3.63) is 30.3 Å². The molecule has 0 aliphatic heterocycles. The van der Waals surface area contributed by atoms with Crippen molar-refractivity contribution in [3.63, 3.8) is 0 Å². The minimum atomic E-state index is 0.621. The van der Waals surface area contributed by atoms with Gasteiger partial charge in [-0.2, -0.15) is 0 Å². The fourth-order valence-electron chi connectivity index (χ4n) is 0.788. The Labute approximate surface area is 64.1 Å². The van der Waals surface area contributed by atoms with Crippen molar-refractivity contribution < 1.29 is 0 Å². The van der Waals surface area contributed by atoms with Gasteiger partial charge in [0.2, 0.25) is 0 Å². The van der Waals surface area contributed by atoms with E-state index in [2.05, 4.69) is 16.7 Å². The van der Waals surface area contributed by atoms with Gasteiger partial charge >= 0.3 is 0 Å². The van der Waals surface area contributed by atoms with Gasteiger partial charge in [0.25, 0.3) is 0 Å². The molecule has 0 saturated carbocycles. The molecule has 2 nitrogen and oxygen atoms in total. The molecule has 0 aromatic heterocycles. The summed E-state index contributed by atoms with van der Waals surface area (Å²) in [6, 6.07) is 10.2. The van der Waals surface area contributed by atoms with Crippen LogP contribution >= 0.6 is 0 Å². The molecule has 0 saturated heterocycles. The van der Waals surface area contributed by atoms with Crippen molar-refractivity contribution in [2.24, 2.45) is 5.73 Å². The first kappa shape index (κ1) is 7.31. The summed E-state index contributed by atoms with van der Waals surface area (Å²) in [6.45, 7) is 0.621. The number of nitrogens with two attached hydrogens (primary N) is 1. The molecule has 1 aromatic carbocycles. The topological polar surface area (TPSA) is 29.3 Å². The number of para-hydroxylation sites is 1. The average molecular weight is 152 g/mol. The lowest BCUT2D eigenvalue weighted by molar-refractivity contribution is 1.05. The van der Waals surface area contributed by atoms with Crippen molar-refractivity contribution in [2.45, 2.75) is 0 Å². The van der Waals surface area contributed by atoms with Crippen LogP contribution in [-0.2, 0) is 0 Å². The zero-order valence-electron chi connectivity index (χ0n) is 6.12. The molecular formula is C7H12N2Si. The van der Waals surface area contributed by atoms with E-state index >= 15 is 0 Å². The zero-order chi connectivity index (χ0) is 7.40. The lowest BCUT2D eigenvalue weighted by Gasteiger charge is -2.16. The lowest BCUT2D eigenvalue weighted by Crippen LogP contribution is -2.26. The summed E-state index contributed by atoms with van der Waals surface area (Å²) in [6.07, 6.45) is 0. The maximum atomic E-state index is 5.46. The van der Waals surface area contributed by atoms with Crippen LogP contribution in [0, 0.1) is 0 Å². The maximum absolute atomic E-state index is 5.46. The molecular weight excluding hydrogens is 140 g/mol. The molecule has 54 valence electrons. The molecule has 0 heterocycles. The predicted octanol–water partition coefficient (Wildman–Crippen LogP) is -0.310. The van der Waals surface area contributed by atoms with E-state index in [1.165, 1.54) is 5.69 Å². The zero-order valence-corrected chi connectivity index (χ0v) is 8.12. The van der Waals surface area contributed by atoms with Crippen molar-refractivity contribution in [2.75, 3.05) is 11.2 Å². The Morgan fingerprint density at radius 1 is 1.30 bits per heavy atom. The van der Waals surface area contributed by atoms with Gasteiger partial charge in [0.1, 0.15) is 10.4 Å². The largest absolute Gasteiger partial charge is 0.395 e. The van der Waals surface area contributed by atoms with Crippen LogP contribution in [-0.4, -0.2) is 17.1 Å². The normalized spacial score (nSPS) is 9.70. The monoisotopic (exact) mass is 152 g/mol. The van der Waals surface area contributed by atoms with Crippen LogP contribution in [0.1, 0.15) is 0 Å². The summed E-state index contributed by atoms with van der Waals surface area (Å²) in [5.74, 6) is 0. The quantitative estimate of drug-likeness (QED) is 0.465. The maximum Gasteiger partial charge on any atom is 0.109 e. The number of benzene rings is 1. The number of hydrogen-bond donors (Lipinski definition) is 1. The van der Waals surface area contributed by atoms with Crippen LogP contribution in [0.15, 0.2) is 30.3 Å². The molecule has 0 aliphatic rings. The summed E-state index contributed by atoms with van der Waals surface area (Å²) in [4.78, 5) is 0. The highest BCUT2D eigenvalue weighted by Crippen LogP contribution is 2.07. The van der Waals surface area contributed by atoms with Gasteiger partial charge in [-0.05, 0) is 12.1 Å². The van der Waals surface area contributed by atoms with Crippen LogP contribution in [0.25, 0.3) is 0 Å². The van der Waals surface area contributed by atoms with Gasteiger partial charge in [-0.1, -0.05) is 18.2 Å². The number of nitrogens with zero attached hydrogens (tertiary/aromatic N) is 1. The summed E-state index contributed by atoms with van der Waals surface area (Å²) < 4.78 is 2.12. The summed E-state index contributed by atoms with van der Waals surface area (Å²) in [7, 11) is 0.986. The van der Waals surface area contributed by atoms with Gasteiger partial charge < -0.3 is 10.3 Å². The van der Waals surface area contributed by atoms with Gasteiger partial charge in [0, 0.05) is 5.69 Å². The Balaban J connectivity index is 2.75. The van der Waals surface area contributed by atoms with Crippen LogP contribution in [0.2, 0.25) is 0 Å². The molecule has 2 N–H and O–H groups in total. The molecule has 0 unspecified atom stereocenters. The van der Waals surface area contributed by atoms with Crippen molar-refractivity contribution in [1.29, 1.82) is 0 Å². The fraction of sp³-hybridized carbons (Fsp3) is 0.143. The Kier molecular flexibility index (Phi) is 2.47. The molecule has 1 aromatic rings. The van der Waals surface area contributed by atoms with Crippen LogP contribution < -0.4 is 10.3 Å². The molecule has 1 rings (SSSR count). The summed E-state index contributed by atoms with van der Waals surface area (Å²) >= 11 is 0. The van der Waals surface area contributed by atoms with Crippen LogP contribution in [0.5, 0.6) is 0 Å². The molecule has 0 aliphatic carbocycles. The van der Waals surface area contributed by atoms with Gasteiger partial charge in [-0.15, -0.1) is 0 Å². The van der Waals surface area contributed by atoms with Gasteiger partial charge in [0.15, 0.2) is 0 Å². The lowest BCUT2D eigenvalue weighted by atomic mass is 10.3. The standard InChI is InChI=1S/C7H12N2Si/c8-6-9(10)7-4-2-1-3-5-7/h1-5H,6,8H2,10H3. The molecule has 3 heteroatoms. The van der Waals surface area contributed by atoms with E-state index in [1.807, 2.05) is 18.2 Å². The summed E-state index contributed by atoms with van der Waals surface area (Å²) in [5, 5.41) is 0. The van der Waals surface area contributed by atoms with Crippen molar-refractivity contribution in [1.82, 2.24) is 0 Å². The van der Waals surface area contributed by atoms with E-state index in [-0.39, 0.29) is 0 Å². The second kappa shape index (κ2) is 3.39. The Bertz CT molecular complexity index is 188. The first-order chi connectivity index (χ1) is 4.84. The SMILES string of the molecule is NCN([SiH3])c1ccccc1. The average Bonchev–Trinajstić information content (AvgIpc) is 2.05. The Hall–Kier alpha value is -0.803. The smallest absolute Gasteiger partial charge is 0.109 e. The first-order valence-electron chi connectivity index (χ1n) is 3.31. The Morgan fingerprint density at radius 2 is 1.90 bits per heavy atom. The van der Waals surface area contributed by atoms with E-state index < -0.39 is 0 Å². The molecule has 0 fully saturated rings. The summed E-state index contributed by atoms with van der Waals surface area (Å²) in [5.41, 5.74) is 6.68. The highest BCUT2D eigenvalue weighted by molar-refractivity contribution is 6.17. The fourth-order valence-corrected chi connectivity index (χ4v) is 1.09. The minimum absolute atomic E-state index is 0.621. The third-order valence-corrected chi connectivity index (χ3v) is 2.35. The molecule has 0 amide bonds. The highest BCUT2D eigenvalue weighted by atomic mass is 28.2. The predicted molar refractivity (Wildman–Crippen MR) is 47.9 cm³/mol. The van der Waals surface area contributed by atoms with Gasteiger partial charge in [0.05, 0.1) is 6.67 Å². The molecule has 0 atom stereocenters. The van der Waals surface area contributed by atoms with E-state index in [9.17, 15) is 0 Å². The second-order valence-corrected chi connectivity index (χ2v) is 3.30. The minimum Gasteiger partial charge on any atom is -0.395 e. The third-order valence-electron chi connectivity index (χ3n) is 1.47.